The summed E-state index contributed by atoms with van der Waals surface area (Å²) in [4.78, 5) is 11.2. The van der Waals surface area contributed by atoms with E-state index in [1.165, 1.54) is 6.08 Å². The van der Waals surface area contributed by atoms with Crippen molar-refractivity contribution in [3.05, 3.63) is 44.9 Å². The molecule has 0 fully saturated rings. The summed E-state index contributed by atoms with van der Waals surface area (Å²) in [7, 11) is 0. The first-order valence-electron chi connectivity index (χ1n) is 3.38. The zero-order valence-corrected chi connectivity index (χ0v) is 9.58. The predicted octanol–water partition coefficient (Wildman–Crippen LogP) is 4.12. The van der Waals surface area contributed by atoms with Gasteiger partial charge in [0.15, 0.2) is 5.78 Å². The summed E-state index contributed by atoms with van der Waals surface area (Å²) in [6, 6.07) is 3.27. The molecule has 0 saturated heterocycles. The van der Waals surface area contributed by atoms with E-state index in [1.54, 1.807) is 12.1 Å². The van der Waals surface area contributed by atoms with Gasteiger partial charge in [-0.3, -0.25) is 4.79 Å². The zero-order valence-electron chi connectivity index (χ0n) is 6.48. The Bertz CT molecular complexity index is 374. The van der Waals surface area contributed by atoms with E-state index in [1.807, 2.05) is 0 Å². The molecule has 0 heterocycles. The van der Waals surface area contributed by atoms with Crippen LogP contribution in [0.1, 0.15) is 10.4 Å². The van der Waals surface area contributed by atoms with Gasteiger partial charge in [-0.1, -0.05) is 29.8 Å². The molecule has 0 saturated carbocycles. The minimum Gasteiger partial charge on any atom is -0.289 e. The van der Waals surface area contributed by atoms with Gasteiger partial charge < -0.3 is 0 Å². The molecule has 1 aromatic rings. The molecule has 1 aromatic carbocycles. The molecule has 1 rings (SSSR count). The molecular weight excluding hydrogens is 275 g/mol. The fourth-order valence-electron chi connectivity index (χ4n) is 0.826. The molecule has 0 unspecified atom stereocenters. The molecule has 0 aliphatic rings. The van der Waals surface area contributed by atoms with Crippen molar-refractivity contribution in [2.75, 3.05) is 0 Å². The van der Waals surface area contributed by atoms with E-state index in [0.29, 0.717) is 15.1 Å². The van der Waals surface area contributed by atoms with Gasteiger partial charge in [-0.2, -0.15) is 0 Å². The summed E-state index contributed by atoms with van der Waals surface area (Å²) in [5, 5.41) is 0.593. The monoisotopic (exact) mass is 278 g/mol. The van der Waals surface area contributed by atoms with Crippen molar-refractivity contribution in [3.8, 4) is 0 Å². The molecule has 0 aliphatic carbocycles. The van der Waals surface area contributed by atoms with Crippen molar-refractivity contribution in [3.63, 3.8) is 0 Å². The summed E-state index contributed by atoms with van der Waals surface area (Å²) in [5.41, 5.74) is 0.366. The molecule has 0 aromatic heterocycles. The van der Waals surface area contributed by atoms with Crippen LogP contribution < -0.4 is 0 Å². The maximum absolute atomic E-state index is 11.2. The van der Waals surface area contributed by atoms with Crippen LogP contribution in [0.5, 0.6) is 0 Å². The second-order valence-electron chi connectivity index (χ2n) is 2.29. The number of hydrogen-bond acceptors (Lipinski definition) is 1. The Labute approximate surface area is 94.5 Å². The minimum atomic E-state index is -0.237. The summed E-state index contributed by atoms with van der Waals surface area (Å²) < 4.78 is 0.666. The quantitative estimate of drug-likeness (QED) is 0.452. The van der Waals surface area contributed by atoms with E-state index in [9.17, 15) is 4.79 Å². The Morgan fingerprint density at radius 3 is 2.54 bits per heavy atom. The van der Waals surface area contributed by atoms with Gasteiger partial charge >= 0.3 is 0 Å². The molecule has 0 N–H and O–H groups in total. The second-order valence-corrected chi connectivity index (χ2v) is 3.90. The van der Waals surface area contributed by atoms with E-state index >= 15 is 0 Å². The maximum Gasteiger partial charge on any atom is 0.186 e. The lowest BCUT2D eigenvalue weighted by atomic mass is 10.1. The fourth-order valence-corrected chi connectivity index (χ4v) is 1.69. The Morgan fingerprint density at radius 1 is 1.38 bits per heavy atom. The molecule has 0 spiro atoms. The lowest BCUT2D eigenvalue weighted by Crippen LogP contribution is -1.95. The first-order valence-corrected chi connectivity index (χ1v) is 4.93. The number of ketones is 1. The summed E-state index contributed by atoms with van der Waals surface area (Å²) in [6.07, 6.45) is 1.20. The lowest BCUT2D eigenvalue weighted by Gasteiger charge is -2.03. The fraction of sp³-hybridized carbons (Fsp3) is 0. The molecule has 0 aliphatic heterocycles. The summed E-state index contributed by atoms with van der Waals surface area (Å²) >= 11 is 14.9. The van der Waals surface area contributed by atoms with Crippen molar-refractivity contribution in [1.29, 1.82) is 0 Å². The van der Waals surface area contributed by atoms with Crippen LogP contribution in [-0.2, 0) is 0 Å². The van der Waals surface area contributed by atoms with E-state index in [-0.39, 0.29) is 10.8 Å². The standard InChI is InChI=1S/C9H5BrCl2O/c1-2-7(13)5-3-4-6(10)9(12)8(5)11/h2-4H,1H2. The largest absolute Gasteiger partial charge is 0.289 e. The minimum absolute atomic E-state index is 0.237. The average Bonchev–Trinajstić information content (AvgIpc) is 2.13. The average molecular weight is 280 g/mol. The second kappa shape index (κ2) is 4.27. The van der Waals surface area contributed by atoms with Gasteiger partial charge in [0.25, 0.3) is 0 Å². The Kier molecular flexibility index (Phi) is 3.54. The van der Waals surface area contributed by atoms with Crippen LogP contribution in [0.2, 0.25) is 10.0 Å². The van der Waals surface area contributed by atoms with Crippen molar-refractivity contribution < 1.29 is 4.79 Å². The first kappa shape index (κ1) is 10.8. The van der Waals surface area contributed by atoms with Crippen LogP contribution in [0.15, 0.2) is 29.3 Å². The Morgan fingerprint density at radius 2 is 2.00 bits per heavy atom. The number of halogens is 3. The van der Waals surface area contributed by atoms with Gasteiger partial charge in [0.05, 0.1) is 10.0 Å². The highest BCUT2D eigenvalue weighted by molar-refractivity contribution is 9.10. The normalized spacial score (nSPS) is 9.77. The molecule has 13 heavy (non-hydrogen) atoms. The summed E-state index contributed by atoms with van der Waals surface area (Å²) in [5.74, 6) is -0.237. The van der Waals surface area contributed by atoms with Gasteiger partial charge in [0, 0.05) is 10.0 Å². The highest BCUT2D eigenvalue weighted by Gasteiger charge is 2.11. The third-order valence-corrected chi connectivity index (χ3v) is 3.26. The van der Waals surface area contributed by atoms with E-state index in [2.05, 4.69) is 22.5 Å². The SMILES string of the molecule is C=CC(=O)c1ccc(Br)c(Cl)c1Cl. The first-order chi connectivity index (χ1) is 6.07. The number of allylic oxidation sites excluding steroid dienone is 1. The van der Waals surface area contributed by atoms with Crippen molar-refractivity contribution in [2.24, 2.45) is 0 Å². The van der Waals surface area contributed by atoms with Gasteiger partial charge in [-0.05, 0) is 34.1 Å². The lowest BCUT2D eigenvalue weighted by molar-refractivity contribution is 0.104. The number of hydrogen-bond donors (Lipinski definition) is 0. The Balaban J connectivity index is 3.33. The molecule has 1 nitrogen and oxygen atoms in total. The van der Waals surface area contributed by atoms with Crippen molar-refractivity contribution >= 4 is 44.9 Å². The topological polar surface area (TPSA) is 17.1 Å². The highest BCUT2D eigenvalue weighted by atomic mass is 79.9. The molecule has 0 atom stereocenters. The van der Waals surface area contributed by atoms with E-state index < -0.39 is 0 Å². The van der Waals surface area contributed by atoms with Crippen LogP contribution in [-0.4, -0.2) is 5.78 Å². The van der Waals surface area contributed by atoms with Crippen LogP contribution in [0.25, 0.3) is 0 Å². The number of benzene rings is 1. The highest BCUT2D eigenvalue weighted by Crippen LogP contribution is 2.33. The van der Waals surface area contributed by atoms with Crippen molar-refractivity contribution in [1.82, 2.24) is 0 Å². The molecule has 0 amide bonds. The van der Waals surface area contributed by atoms with Crippen LogP contribution in [0.3, 0.4) is 0 Å². The van der Waals surface area contributed by atoms with Crippen LogP contribution in [0.4, 0.5) is 0 Å². The van der Waals surface area contributed by atoms with Crippen LogP contribution >= 0.6 is 39.1 Å². The molecule has 4 heteroatoms. The molecular formula is C9H5BrCl2O. The number of carbonyl (C=O) groups is 1. The van der Waals surface area contributed by atoms with Gasteiger partial charge in [0.2, 0.25) is 0 Å². The summed E-state index contributed by atoms with van der Waals surface area (Å²) in [6.45, 7) is 3.37. The molecule has 0 bridgehead atoms. The van der Waals surface area contributed by atoms with Gasteiger partial charge in [0.1, 0.15) is 0 Å². The Hall–Kier alpha value is -0.310. The van der Waals surface area contributed by atoms with Crippen LogP contribution in [0, 0.1) is 0 Å². The predicted molar refractivity (Wildman–Crippen MR) is 58.7 cm³/mol. The smallest absolute Gasteiger partial charge is 0.186 e. The van der Waals surface area contributed by atoms with Gasteiger partial charge in [-0.15, -0.1) is 0 Å². The van der Waals surface area contributed by atoms with E-state index in [4.69, 9.17) is 23.2 Å². The van der Waals surface area contributed by atoms with E-state index in [0.717, 1.165) is 0 Å². The zero-order chi connectivity index (χ0) is 10.0. The molecule has 68 valence electrons. The molecule has 0 radical (unpaired) electrons. The van der Waals surface area contributed by atoms with Crippen molar-refractivity contribution in [2.45, 2.75) is 0 Å². The number of carbonyl (C=O) groups excluding carboxylic acids is 1. The third kappa shape index (κ3) is 2.13. The number of rotatable bonds is 2. The maximum atomic E-state index is 11.2. The third-order valence-electron chi connectivity index (χ3n) is 1.49. The van der Waals surface area contributed by atoms with Gasteiger partial charge in [-0.25, -0.2) is 0 Å².